The van der Waals surface area contributed by atoms with Gasteiger partial charge >= 0.3 is 0 Å². The first-order valence-corrected chi connectivity index (χ1v) is 6.76. The van der Waals surface area contributed by atoms with Gasteiger partial charge in [-0.2, -0.15) is 0 Å². The van der Waals surface area contributed by atoms with E-state index >= 15 is 0 Å². The Labute approximate surface area is 78.9 Å². The van der Waals surface area contributed by atoms with Gasteiger partial charge in [0.2, 0.25) is 4.25 Å². The van der Waals surface area contributed by atoms with Crippen LogP contribution in [0.25, 0.3) is 4.91 Å². The summed E-state index contributed by atoms with van der Waals surface area (Å²) in [6.45, 7) is 0. The number of thioether (sulfide) groups is 1. The van der Waals surface area contributed by atoms with Crippen LogP contribution in [0.2, 0.25) is 0 Å². The molecule has 0 aromatic carbocycles. The van der Waals surface area contributed by atoms with Crippen LogP contribution in [0.5, 0.6) is 0 Å². The Hall–Kier alpha value is -0.0800. The van der Waals surface area contributed by atoms with Gasteiger partial charge in [0.15, 0.2) is 5.31 Å². The Bertz CT molecular complexity index is 497. The molecule has 2 aliphatic rings. The number of rotatable bonds is 0. The van der Waals surface area contributed by atoms with Crippen LogP contribution in [-0.2, 0) is 0 Å². The minimum absolute atomic E-state index is 1.00. The Morgan fingerprint density at radius 2 is 2.42 bits per heavy atom. The minimum atomic E-state index is -1.21. The fourth-order valence-corrected chi connectivity index (χ4v) is 5.86. The molecule has 3 rings (SSSR count). The van der Waals surface area contributed by atoms with Gasteiger partial charge in [-0.1, -0.05) is 11.3 Å². The van der Waals surface area contributed by atoms with E-state index in [1.54, 1.807) is 11.3 Å². The van der Waals surface area contributed by atoms with E-state index in [0.29, 0.717) is 0 Å². The monoisotopic (exact) mass is 212 g/mol. The van der Waals surface area contributed by atoms with E-state index in [1.807, 2.05) is 17.1 Å². The molecule has 0 radical (unpaired) electrons. The van der Waals surface area contributed by atoms with Crippen molar-refractivity contribution >= 4 is 35.8 Å². The van der Waals surface area contributed by atoms with E-state index in [1.165, 1.54) is 10.1 Å². The lowest BCUT2D eigenvalue weighted by Gasteiger charge is -1.91. The molecule has 1 nitrogen and oxygen atoms in total. The van der Waals surface area contributed by atoms with Crippen LogP contribution in [0.15, 0.2) is 22.8 Å². The van der Waals surface area contributed by atoms with Gasteiger partial charge in [0.25, 0.3) is 0 Å². The Balaban J connectivity index is 2.58. The molecule has 0 N–H and O–H groups in total. The highest BCUT2D eigenvalue weighted by Crippen LogP contribution is 2.48. The summed E-state index contributed by atoms with van der Waals surface area (Å²) in [4.78, 5) is 13.1. The quantitative estimate of drug-likeness (QED) is 0.608. The van der Waals surface area contributed by atoms with Crippen molar-refractivity contribution in [2.75, 3.05) is 5.75 Å². The molecular weight excluding hydrogens is 207 g/mol. The number of hydrogen-bond acceptors (Lipinski definition) is 3. The van der Waals surface area contributed by atoms with Crippen LogP contribution < -0.4 is 10.1 Å². The van der Waals surface area contributed by atoms with Crippen molar-refractivity contribution in [2.45, 2.75) is 0 Å². The maximum atomic E-state index is 11.8. The van der Waals surface area contributed by atoms with Gasteiger partial charge in [-0.3, -0.25) is 0 Å². The van der Waals surface area contributed by atoms with Crippen LogP contribution in [0, 0.1) is 4.25 Å². The fraction of sp³-hybridized carbons (Fsp3) is 0.125. The number of hydrogen-bond donors (Lipinski definition) is 0. The third-order valence-corrected chi connectivity index (χ3v) is 6.23. The lowest BCUT2D eigenvalue weighted by molar-refractivity contribution is -0.151. The molecule has 1 aromatic rings. The first-order chi connectivity index (χ1) is 5.88. The summed E-state index contributed by atoms with van der Waals surface area (Å²) in [5.74, 6) is 1.00. The summed E-state index contributed by atoms with van der Waals surface area (Å²) in [5.41, 5.74) is 0. The molecule has 3 heterocycles. The third kappa shape index (κ3) is 0.775. The van der Waals surface area contributed by atoms with Crippen molar-refractivity contribution in [3.63, 3.8) is 0 Å². The van der Waals surface area contributed by atoms with Gasteiger partial charge in [0.1, 0.15) is 7.77 Å². The summed E-state index contributed by atoms with van der Waals surface area (Å²) in [7, 11) is -1.21. The highest BCUT2D eigenvalue weighted by molar-refractivity contribution is 8.09. The van der Waals surface area contributed by atoms with E-state index in [9.17, 15) is 4.89 Å². The highest BCUT2D eigenvalue weighted by atomic mass is 32.2. The molecule has 1 aromatic heterocycles. The molecule has 0 bridgehead atoms. The van der Waals surface area contributed by atoms with Gasteiger partial charge in [-0.05, 0) is 17.5 Å². The Kier molecular flexibility index (Phi) is 1.50. The zero-order valence-corrected chi connectivity index (χ0v) is 8.64. The number of fused-ring (bicyclic) bond motifs is 2. The van der Waals surface area contributed by atoms with Gasteiger partial charge in [-0.15, -0.1) is 11.8 Å². The van der Waals surface area contributed by atoms with Gasteiger partial charge < -0.3 is 4.89 Å². The molecule has 0 fully saturated rings. The van der Waals surface area contributed by atoms with Crippen molar-refractivity contribution in [3.8, 4) is 0 Å². The molecule has 2 aliphatic heterocycles. The SMILES string of the molecule is [O-][P+]1=c2sccc2=C2SCC=C21. The highest BCUT2D eigenvalue weighted by Gasteiger charge is 2.28. The smallest absolute Gasteiger partial charge is 0.207 e. The van der Waals surface area contributed by atoms with Crippen molar-refractivity contribution < 1.29 is 4.89 Å². The molecule has 0 aliphatic carbocycles. The summed E-state index contributed by atoms with van der Waals surface area (Å²) in [5, 5.41) is 4.35. The summed E-state index contributed by atoms with van der Waals surface area (Å²) in [6.07, 6.45) is 2.10. The van der Waals surface area contributed by atoms with E-state index in [2.05, 4.69) is 12.1 Å². The van der Waals surface area contributed by atoms with Gasteiger partial charge in [-0.25, -0.2) is 0 Å². The van der Waals surface area contributed by atoms with Crippen LogP contribution in [0.4, 0.5) is 0 Å². The predicted molar refractivity (Wildman–Crippen MR) is 53.6 cm³/mol. The molecule has 0 amide bonds. The molecule has 1 atom stereocenters. The van der Waals surface area contributed by atoms with E-state index in [-0.39, 0.29) is 0 Å². The molecule has 4 heteroatoms. The summed E-state index contributed by atoms with van der Waals surface area (Å²) >= 11 is 3.43. The zero-order valence-electron chi connectivity index (χ0n) is 6.11. The van der Waals surface area contributed by atoms with E-state index in [4.69, 9.17) is 0 Å². The first-order valence-electron chi connectivity index (χ1n) is 3.63. The van der Waals surface area contributed by atoms with Crippen LogP contribution in [0.3, 0.4) is 0 Å². The maximum absolute atomic E-state index is 11.8. The Morgan fingerprint density at radius 1 is 1.50 bits per heavy atom. The second-order valence-electron chi connectivity index (χ2n) is 2.66. The second-order valence-corrected chi connectivity index (χ2v) is 6.43. The summed E-state index contributed by atoms with van der Waals surface area (Å²) in [6, 6.07) is 2.09. The lowest BCUT2D eigenvalue weighted by atomic mass is 10.4. The van der Waals surface area contributed by atoms with Crippen molar-refractivity contribution in [1.82, 2.24) is 0 Å². The van der Waals surface area contributed by atoms with E-state index in [0.717, 1.165) is 15.3 Å². The van der Waals surface area contributed by atoms with Crippen molar-refractivity contribution in [1.29, 1.82) is 0 Å². The topological polar surface area (TPSA) is 23.1 Å². The Morgan fingerprint density at radius 3 is 3.33 bits per heavy atom. The van der Waals surface area contributed by atoms with Crippen LogP contribution >= 0.6 is 30.9 Å². The second kappa shape index (κ2) is 2.46. The zero-order chi connectivity index (χ0) is 8.13. The maximum Gasteiger partial charge on any atom is 0.207 e. The number of thiophene rings is 1. The first kappa shape index (κ1) is 7.34. The van der Waals surface area contributed by atoms with Crippen LogP contribution in [0.1, 0.15) is 0 Å². The molecule has 1 unspecified atom stereocenters. The molecule has 0 saturated carbocycles. The standard InChI is InChI=1S/C8H5OPS2/c9-10-6-2-4-11-7(6)5-1-3-12-8(5)10/h1-3H,4H2. The van der Waals surface area contributed by atoms with Crippen molar-refractivity contribution in [2.24, 2.45) is 0 Å². The average Bonchev–Trinajstić information content (AvgIpc) is 2.72. The molecule has 60 valence electrons. The molecule has 12 heavy (non-hydrogen) atoms. The average molecular weight is 212 g/mol. The van der Waals surface area contributed by atoms with E-state index < -0.39 is 7.77 Å². The summed E-state index contributed by atoms with van der Waals surface area (Å²) < 4.78 is 1.08. The normalized spacial score (nSPS) is 22.6. The van der Waals surface area contributed by atoms with Gasteiger partial charge in [0.05, 0.1) is 10.1 Å². The fourth-order valence-electron chi connectivity index (χ4n) is 1.50. The third-order valence-electron chi connectivity index (χ3n) is 2.03. The molecular formula is C8H5OPS2. The van der Waals surface area contributed by atoms with Gasteiger partial charge in [0, 0.05) is 5.75 Å². The lowest BCUT2D eigenvalue weighted by Crippen LogP contribution is -1.94. The minimum Gasteiger partial charge on any atom is -0.625 e. The predicted octanol–water partition coefficient (Wildman–Crippen LogP) is 1.51. The van der Waals surface area contributed by atoms with Crippen molar-refractivity contribution in [3.05, 3.63) is 32.3 Å². The van der Waals surface area contributed by atoms with Crippen LogP contribution in [-0.4, -0.2) is 5.75 Å². The largest absolute Gasteiger partial charge is 0.625 e. The molecule has 0 saturated heterocycles. The molecule has 0 spiro atoms.